The van der Waals surface area contributed by atoms with Crippen LogP contribution in [-0.4, -0.2) is 55.6 Å². The van der Waals surface area contributed by atoms with E-state index in [9.17, 15) is 23.5 Å². The summed E-state index contributed by atoms with van der Waals surface area (Å²) in [5.74, 6) is -5.55. The van der Waals surface area contributed by atoms with Gasteiger partial charge in [-0.25, -0.2) is 9.59 Å². The van der Waals surface area contributed by atoms with Crippen LogP contribution in [0.3, 0.4) is 0 Å². The van der Waals surface area contributed by atoms with Crippen molar-refractivity contribution in [1.29, 1.82) is 0 Å². The zero-order valence-electron chi connectivity index (χ0n) is 11.5. The zero-order chi connectivity index (χ0) is 17.4. The first-order valence-corrected chi connectivity index (χ1v) is 6.30. The number of nitrogens with zero attached hydrogens (tertiary/aromatic N) is 2. The lowest BCUT2D eigenvalue weighted by atomic mass is 10.1. The third kappa shape index (κ3) is 3.06. The zero-order valence-corrected chi connectivity index (χ0v) is 11.5. The number of carboxylic acid groups (broad SMARTS) is 1. The Balaban J connectivity index is 2.49. The molecule has 0 spiro atoms. The number of ether oxygens (including phenoxy) is 1. The van der Waals surface area contributed by atoms with Gasteiger partial charge in [0.15, 0.2) is 6.10 Å². The van der Waals surface area contributed by atoms with Gasteiger partial charge in [0.25, 0.3) is 0 Å². The van der Waals surface area contributed by atoms with E-state index < -0.39 is 42.6 Å². The van der Waals surface area contributed by atoms with Crippen molar-refractivity contribution in [3.05, 3.63) is 28.3 Å². The van der Waals surface area contributed by atoms with Gasteiger partial charge >= 0.3 is 17.6 Å². The van der Waals surface area contributed by atoms with Gasteiger partial charge in [0.05, 0.1) is 6.61 Å². The maximum Gasteiger partial charge on any atom is 0.351 e. The van der Waals surface area contributed by atoms with Gasteiger partial charge in [-0.3, -0.25) is 4.57 Å². The van der Waals surface area contributed by atoms with E-state index in [1.54, 1.807) is 0 Å². The number of aliphatic hydroxyl groups is 2. The Morgan fingerprint density at radius 1 is 1.57 bits per heavy atom. The largest absolute Gasteiger partial charge is 0.478 e. The van der Waals surface area contributed by atoms with Gasteiger partial charge in [-0.1, -0.05) is 0 Å². The summed E-state index contributed by atoms with van der Waals surface area (Å²) in [5.41, 5.74) is 4.16. The molecule has 1 aromatic heterocycles. The van der Waals surface area contributed by atoms with Crippen LogP contribution in [0.5, 0.6) is 0 Å². The number of aliphatic hydroxyl groups excluding tert-OH is 2. The van der Waals surface area contributed by atoms with Crippen LogP contribution in [-0.2, 0) is 9.53 Å². The molecule has 2 heterocycles. The molecule has 1 fully saturated rings. The molecule has 0 bridgehead atoms. The van der Waals surface area contributed by atoms with Crippen molar-refractivity contribution in [3.8, 4) is 0 Å². The molecular formula is C12H13F2N3O6. The monoisotopic (exact) mass is 333 g/mol. The highest BCUT2D eigenvalue weighted by atomic mass is 19.3. The normalized spacial score (nSPS) is 26.7. The quantitative estimate of drug-likeness (QED) is 0.503. The molecule has 1 aliphatic rings. The summed E-state index contributed by atoms with van der Waals surface area (Å²) in [6.07, 6.45) is -3.63. The van der Waals surface area contributed by atoms with Crippen LogP contribution in [0.15, 0.2) is 17.1 Å². The third-order valence-electron chi connectivity index (χ3n) is 3.23. The first kappa shape index (κ1) is 17.0. The van der Waals surface area contributed by atoms with Gasteiger partial charge in [0, 0.05) is 17.8 Å². The van der Waals surface area contributed by atoms with Crippen LogP contribution in [0.1, 0.15) is 11.8 Å². The molecule has 0 aromatic carbocycles. The predicted molar refractivity (Wildman–Crippen MR) is 71.5 cm³/mol. The van der Waals surface area contributed by atoms with Gasteiger partial charge in [-0.2, -0.15) is 13.8 Å². The highest BCUT2D eigenvalue weighted by molar-refractivity contribution is 5.86. The molecule has 3 unspecified atom stereocenters. The number of aromatic nitrogens is 2. The number of nitrogen functional groups attached to an aromatic ring is 1. The summed E-state index contributed by atoms with van der Waals surface area (Å²) < 4.78 is 33.3. The van der Waals surface area contributed by atoms with Crippen molar-refractivity contribution in [3.63, 3.8) is 0 Å². The number of hydrogen-bond donors (Lipinski definition) is 4. The van der Waals surface area contributed by atoms with Gasteiger partial charge in [0.2, 0.25) is 6.23 Å². The van der Waals surface area contributed by atoms with Crippen molar-refractivity contribution in [1.82, 2.24) is 9.55 Å². The minimum Gasteiger partial charge on any atom is -0.478 e. The number of nitrogens with two attached hydrogens (primary N) is 1. The first-order valence-electron chi connectivity index (χ1n) is 6.30. The number of alkyl halides is 2. The van der Waals surface area contributed by atoms with E-state index in [1.807, 2.05) is 0 Å². The SMILES string of the molecule is Nc1nc(=O)n(C2OC(CO)C(O)C2(F)F)cc1/C=C/C(=O)O. The molecule has 0 saturated carbocycles. The molecule has 0 radical (unpaired) electrons. The number of carboxylic acids is 1. The molecule has 1 aliphatic heterocycles. The van der Waals surface area contributed by atoms with Crippen LogP contribution in [0.2, 0.25) is 0 Å². The Labute approximate surface area is 127 Å². The van der Waals surface area contributed by atoms with Crippen molar-refractivity contribution < 1.29 is 33.6 Å². The molecule has 0 aliphatic carbocycles. The van der Waals surface area contributed by atoms with Gasteiger partial charge in [-0.05, 0) is 6.08 Å². The van der Waals surface area contributed by atoms with Crippen LogP contribution in [0, 0.1) is 0 Å². The van der Waals surface area contributed by atoms with Gasteiger partial charge in [0.1, 0.15) is 11.9 Å². The second-order valence-electron chi connectivity index (χ2n) is 4.77. The minimum absolute atomic E-state index is 0.103. The molecule has 1 saturated heterocycles. The summed E-state index contributed by atoms with van der Waals surface area (Å²) >= 11 is 0. The highest BCUT2D eigenvalue weighted by Crippen LogP contribution is 2.42. The van der Waals surface area contributed by atoms with E-state index in [4.69, 9.17) is 20.7 Å². The summed E-state index contributed by atoms with van der Waals surface area (Å²) in [6.45, 7) is -0.879. The Bertz CT molecular complexity index is 705. The predicted octanol–water partition coefficient (Wildman–Crippen LogP) is -1.19. The number of hydrogen-bond acceptors (Lipinski definition) is 7. The van der Waals surface area contributed by atoms with Crippen molar-refractivity contribution in [2.45, 2.75) is 24.4 Å². The van der Waals surface area contributed by atoms with E-state index >= 15 is 0 Å². The van der Waals surface area contributed by atoms with Crippen LogP contribution < -0.4 is 11.4 Å². The lowest BCUT2D eigenvalue weighted by Gasteiger charge is -2.21. The highest BCUT2D eigenvalue weighted by Gasteiger charge is 2.59. The molecule has 0 amide bonds. The van der Waals surface area contributed by atoms with E-state index in [1.165, 1.54) is 0 Å². The van der Waals surface area contributed by atoms with E-state index in [0.717, 1.165) is 12.3 Å². The second kappa shape index (κ2) is 6.02. The molecule has 2 rings (SSSR count). The van der Waals surface area contributed by atoms with E-state index in [-0.39, 0.29) is 11.4 Å². The average molecular weight is 333 g/mol. The standard InChI is InChI=1S/C12H13F2N3O6/c13-12(14)8(21)6(4-18)23-10(12)17-3-5(1-2-7(19)20)9(15)16-11(17)22/h1-3,6,8,10,18,21H,4H2,(H,19,20)(H2,15,16,22)/b2-1+. The maximum absolute atomic E-state index is 14.0. The lowest BCUT2D eigenvalue weighted by Crippen LogP contribution is -2.42. The fourth-order valence-electron chi connectivity index (χ4n) is 2.07. The van der Waals surface area contributed by atoms with Crippen LogP contribution in [0.25, 0.3) is 6.08 Å². The summed E-state index contributed by atoms with van der Waals surface area (Å²) in [5, 5.41) is 26.9. The smallest absolute Gasteiger partial charge is 0.351 e. The molecular weight excluding hydrogens is 320 g/mol. The number of halogens is 2. The Hall–Kier alpha value is -2.37. The molecule has 126 valence electrons. The fourth-order valence-corrected chi connectivity index (χ4v) is 2.07. The fraction of sp³-hybridized carbons (Fsp3) is 0.417. The number of aliphatic carboxylic acids is 1. The number of rotatable bonds is 4. The summed E-state index contributed by atoms with van der Waals surface area (Å²) in [7, 11) is 0. The molecule has 3 atom stereocenters. The van der Waals surface area contributed by atoms with Gasteiger partial charge in [-0.15, -0.1) is 0 Å². The molecule has 5 N–H and O–H groups in total. The first-order chi connectivity index (χ1) is 10.7. The lowest BCUT2D eigenvalue weighted by molar-refractivity contribution is -0.141. The second-order valence-corrected chi connectivity index (χ2v) is 4.77. The summed E-state index contributed by atoms with van der Waals surface area (Å²) in [4.78, 5) is 25.6. The number of carbonyl (C=O) groups is 1. The van der Waals surface area contributed by atoms with E-state index in [2.05, 4.69) is 4.98 Å². The van der Waals surface area contributed by atoms with Crippen LogP contribution in [0.4, 0.5) is 14.6 Å². The minimum atomic E-state index is -3.87. The maximum atomic E-state index is 14.0. The molecule has 9 nitrogen and oxygen atoms in total. The topological polar surface area (TPSA) is 148 Å². The Morgan fingerprint density at radius 3 is 2.74 bits per heavy atom. The Kier molecular flexibility index (Phi) is 4.45. The van der Waals surface area contributed by atoms with Crippen molar-refractivity contribution in [2.24, 2.45) is 0 Å². The van der Waals surface area contributed by atoms with Gasteiger partial charge < -0.3 is 25.8 Å². The Morgan fingerprint density at radius 2 is 2.22 bits per heavy atom. The van der Waals surface area contributed by atoms with E-state index in [0.29, 0.717) is 10.6 Å². The van der Waals surface area contributed by atoms with Crippen molar-refractivity contribution >= 4 is 17.9 Å². The average Bonchev–Trinajstić information content (AvgIpc) is 2.69. The molecule has 11 heteroatoms. The van der Waals surface area contributed by atoms with Crippen molar-refractivity contribution in [2.75, 3.05) is 12.3 Å². The molecule has 23 heavy (non-hydrogen) atoms. The summed E-state index contributed by atoms with van der Waals surface area (Å²) in [6, 6.07) is 0. The number of anilines is 1. The van der Waals surface area contributed by atoms with Crippen LogP contribution >= 0.6 is 0 Å². The molecule has 1 aromatic rings. The third-order valence-corrected chi connectivity index (χ3v) is 3.23.